The third-order valence-electron chi connectivity index (χ3n) is 5.18. The lowest BCUT2D eigenvalue weighted by Gasteiger charge is -2.13. The van der Waals surface area contributed by atoms with Crippen molar-refractivity contribution < 1.29 is 19.1 Å². The molecule has 6 nitrogen and oxygen atoms in total. The predicted molar refractivity (Wildman–Crippen MR) is 157 cm³/mol. The summed E-state index contributed by atoms with van der Waals surface area (Å²) in [5.74, 6) is -0.394. The van der Waals surface area contributed by atoms with Gasteiger partial charge in [0.15, 0.2) is 0 Å². The number of nitrogens with one attached hydrogen (secondary N) is 1. The number of benzene rings is 3. The van der Waals surface area contributed by atoms with E-state index in [2.05, 4.69) is 37.2 Å². The van der Waals surface area contributed by atoms with Crippen LogP contribution in [0.4, 0.5) is 10.5 Å². The zero-order chi connectivity index (χ0) is 26.5. The Labute approximate surface area is 244 Å². The van der Waals surface area contributed by atoms with Crippen LogP contribution >= 0.6 is 67.0 Å². The lowest BCUT2D eigenvalue weighted by molar-refractivity contribution is -0.127. The fourth-order valence-corrected chi connectivity index (χ4v) is 6.34. The van der Waals surface area contributed by atoms with Crippen LogP contribution in [-0.2, 0) is 16.2 Å². The van der Waals surface area contributed by atoms with Crippen LogP contribution in [0.25, 0.3) is 6.08 Å². The van der Waals surface area contributed by atoms with Crippen molar-refractivity contribution in [3.63, 3.8) is 0 Å². The Bertz CT molecular complexity index is 1390. The average Bonchev–Trinajstić information content (AvgIpc) is 3.11. The fourth-order valence-electron chi connectivity index (χ4n) is 3.40. The standard InChI is InChI=1S/C26H19Br2ClN2O4S2/c1-36-18-7-4-6-17(12-18)30-23(32)13-31-25(33)22(37-26(31)34)11-15-9-19(27)24(20(28)10-15)35-14-16-5-2-3-8-21(16)29/h2-12H,13-14H2,1H3,(H,30,32)/b22-11+. The Balaban J connectivity index is 1.44. The van der Waals surface area contributed by atoms with Gasteiger partial charge in [0, 0.05) is 21.2 Å². The predicted octanol–water partition coefficient (Wildman–Crippen LogP) is 7.84. The SMILES string of the molecule is CSc1cccc(NC(=O)CN2C(=O)S/C(=C/c3cc(Br)c(OCc4ccccc4Cl)c(Br)c3)C2=O)c1. The van der Waals surface area contributed by atoms with Gasteiger partial charge in [-0.15, -0.1) is 11.8 Å². The highest BCUT2D eigenvalue weighted by molar-refractivity contribution is 9.11. The van der Waals surface area contributed by atoms with Crippen molar-refractivity contribution in [3.8, 4) is 5.75 Å². The van der Waals surface area contributed by atoms with Gasteiger partial charge in [0.1, 0.15) is 18.9 Å². The molecule has 3 amide bonds. The van der Waals surface area contributed by atoms with Gasteiger partial charge in [-0.1, -0.05) is 35.9 Å². The second kappa shape index (κ2) is 12.5. The molecule has 4 rings (SSSR count). The molecule has 37 heavy (non-hydrogen) atoms. The average molecular weight is 683 g/mol. The van der Waals surface area contributed by atoms with Crippen molar-refractivity contribution in [2.75, 3.05) is 18.1 Å². The maximum Gasteiger partial charge on any atom is 0.294 e. The maximum absolute atomic E-state index is 12.9. The third kappa shape index (κ3) is 7.00. The lowest BCUT2D eigenvalue weighted by Crippen LogP contribution is -2.36. The van der Waals surface area contributed by atoms with Gasteiger partial charge in [0.05, 0.1) is 13.9 Å². The summed E-state index contributed by atoms with van der Waals surface area (Å²) in [5, 5.41) is 2.85. The second-order valence-corrected chi connectivity index (χ2v) is 11.7. The van der Waals surface area contributed by atoms with E-state index in [0.29, 0.717) is 31.0 Å². The first-order valence-corrected chi connectivity index (χ1v) is 14.8. The van der Waals surface area contributed by atoms with E-state index in [0.717, 1.165) is 27.1 Å². The van der Waals surface area contributed by atoms with Crippen LogP contribution in [0.2, 0.25) is 5.02 Å². The molecular formula is C26H19Br2ClN2O4S2. The lowest BCUT2D eigenvalue weighted by atomic mass is 10.2. The summed E-state index contributed by atoms with van der Waals surface area (Å²) in [7, 11) is 0. The number of hydrogen-bond acceptors (Lipinski definition) is 6. The van der Waals surface area contributed by atoms with E-state index in [1.807, 2.05) is 42.7 Å². The molecule has 11 heteroatoms. The number of amides is 3. The van der Waals surface area contributed by atoms with Crippen LogP contribution in [0.5, 0.6) is 5.75 Å². The molecule has 0 saturated carbocycles. The van der Waals surface area contributed by atoms with Gasteiger partial charge in [-0.25, -0.2) is 0 Å². The molecule has 0 aliphatic carbocycles. The molecule has 190 valence electrons. The maximum atomic E-state index is 12.9. The Morgan fingerprint density at radius 2 is 1.84 bits per heavy atom. The van der Waals surface area contributed by atoms with E-state index in [1.54, 1.807) is 42.1 Å². The van der Waals surface area contributed by atoms with Gasteiger partial charge in [0.25, 0.3) is 11.1 Å². The van der Waals surface area contributed by atoms with E-state index >= 15 is 0 Å². The van der Waals surface area contributed by atoms with Crippen molar-refractivity contribution in [2.45, 2.75) is 11.5 Å². The Hall–Kier alpha value is -2.24. The molecule has 0 radical (unpaired) electrons. The molecule has 1 aliphatic heterocycles. The van der Waals surface area contributed by atoms with Crippen molar-refractivity contribution in [3.05, 3.63) is 90.7 Å². The summed E-state index contributed by atoms with van der Waals surface area (Å²) in [5.41, 5.74) is 2.13. The summed E-state index contributed by atoms with van der Waals surface area (Å²) in [6, 6.07) is 18.3. The number of halogens is 3. The highest BCUT2D eigenvalue weighted by Crippen LogP contribution is 2.38. The first kappa shape index (κ1) is 27.8. The Morgan fingerprint density at radius 1 is 1.11 bits per heavy atom. The van der Waals surface area contributed by atoms with Crippen molar-refractivity contribution in [1.82, 2.24) is 4.90 Å². The van der Waals surface area contributed by atoms with Crippen LogP contribution < -0.4 is 10.1 Å². The van der Waals surface area contributed by atoms with Gasteiger partial charge in [-0.05, 0) is 97.9 Å². The van der Waals surface area contributed by atoms with E-state index in [4.69, 9.17) is 16.3 Å². The van der Waals surface area contributed by atoms with Gasteiger partial charge >= 0.3 is 0 Å². The minimum Gasteiger partial charge on any atom is -0.486 e. The Kier molecular flexibility index (Phi) is 9.41. The van der Waals surface area contributed by atoms with Gasteiger partial charge in [0.2, 0.25) is 5.91 Å². The fraction of sp³-hybridized carbons (Fsp3) is 0.115. The molecule has 0 spiro atoms. The van der Waals surface area contributed by atoms with E-state index in [-0.39, 0.29) is 18.1 Å². The molecular weight excluding hydrogens is 664 g/mol. The molecule has 0 bridgehead atoms. The van der Waals surface area contributed by atoms with Crippen molar-refractivity contribution >= 4 is 95.8 Å². The number of hydrogen-bond donors (Lipinski definition) is 1. The van der Waals surface area contributed by atoms with Gasteiger partial charge < -0.3 is 10.1 Å². The largest absolute Gasteiger partial charge is 0.486 e. The van der Waals surface area contributed by atoms with Crippen LogP contribution in [-0.4, -0.2) is 34.8 Å². The molecule has 1 aliphatic rings. The zero-order valence-corrected chi connectivity index (χ0v) is 24.9. The second-order valence-electron chi connectivity index (χ2n) is 7.74. The minimum atomic E-state index is -0.519. The Morgan fingerprint density at radius 3 is 2.54 bits per heavy atom. The number of carbonyl (C=O) groups excluding carboxylic acids is 3. The number of carbonyl (C=O) groups is 3. The molecule has 1 saturated heterocycles. The molecule has 0 unspecified atom stereocenters. The van der Waals surface area contributed by atoms with E-state index in [1.165, 1.54) is 0 Å². The molecule has 0 atom stereocenters. The van der Waals surface area contributed by atoms with Gasteiger partial charge in [-0.2, -0.15) is 0 Å². The van der Waals surface area contributed by atoms with Crippen LogP contribution in [0.3, 0.4) is 0 Å². The minimum absolute atomic E-state index is 0.228. The molecule has 1 fully saturated rings. The third-order valence-corrected chi connectivity index (χ3v) is 8.36. The summed E-state index contributed by atoms with van der Waals surface area (Å²) in [6.07, 6.45) is 3.55. The first-order chi connectivity index (χ1) is 17.7. The molecule has 3 aromatic carbocycles. The summed E-state index contributed by atoms with van der Waals surface area (Å²) in [4.78, 5) is 40.1. The molecule has 3 aromatic rings. The summed E-state index contributed by atoms with van der Waals surface area (Å²) in [6.45, 7) is -0.0908. The van der Waals surface area contributed by atoms with Gasteiger partial charge in [-0.3, -0.25) is 19.3 Å². The number of ether oxygens (including phenoxy) is 1. The number of anilines is 1. The van der Waals surface area contributed by atoms with Crippen molar-refractivity contribution in [2.24, 2.45) is 0 Å². The summed E-state index contributed by atoms with van der Waals surface area (Å²) < 4.78 is 7.26. The highest BCUT2D eigenvalue weighted by Gasteiger charge is 2.36. The molecule has 1 heterocycles. The summed E-state index contributed by atoms with van der Waals surface area (Å²) >= 11 is 15.6. The van der Waals surface area contributed by atoms with Crippen LogP contribution in [0, 0.1) is 0 Å². The van der Waals surface area contributed by atoms with Crippen LogP contribution in [0.1, 0.15) is 11.1 Å². The number of nitrogens with zero attached hydrogens (tertiary/aromatic N) is 1. The molecule has 1 N–H and O–H groups in total. The highest BCUT2D eigenvalue weighted by atomic mass is 79.9. The number of thioether (sulfide) groups is 2. The number of imide groups is 1. The van der Waals surface area contributed by atoms with E-state index < -0.39 is 17.1 Å². The topological polar surface area (TPSA) is 75.7 Å². The van der Waals surface area contributed by atoms with E-state index in [9.17, 15) is 14.4 Å². The van der Waals surface area contributed by atoms with Crippen LogP contribution in [0.15, 0.2) is 79.4 Å². The first-order valence-electron chi connectivity index (χ1n) is 10.8. The normalized spacial score (nSPS) is 14.4. The zero-order valence-electron chi connectivity index (χ0n) is 19.3. The van der Waals surface area contributed by atoms with Crippen molar-refractivity contribution in [1.29, 1.82) is 0 Å². The smallest absolute Gasteiger partial charge is 0.294 e. The monoisotopic (exact) mass is 680 g/mol. The molecule has 0 aromatic heterocycles. The quantitative estimate of drug-likeness (QED) is 0.193. The number of rotatable bonds is 8.